The summed E-state index contributed by atoms with van der Waals surface area (Å²) in [5.41, 5.74) is -0.638. The van der Waals surface area contributed by atoms with Gasteiger partial charge in [0, 0.05) is 12.6 Å². The lowest BCUT2D eigenvalue weighted by Gasteiger charge is -2.23. The van der Waals surface area contributed by atoms with Crippen LogP contribution in [0.2, 0.25) is 0 Å². The number of nitrogens with one attached hydrogen (secondary N) is 1. The summed E-state index contributed by atoms with van der Waals surface area (Å²) in [4.78, 5) is 12.9. The average molecular weight is 258 g/mol. The van der Waals surface area contributed by atoms with Crippen molar-refractivity contribution in [1.29, 1.82) is 0 Å². The van der Waals surface area contributed by atoms with Crippen LogP contribution < -0.4 is 5.32 Å². The smallest absolute Gasteiger partial charge is 0.325 e. The van der Waals surface area contributed by atoms with E-state index in [1.807, 2.05) is 0 Å². The van der Waals surface area contributed by atoms with Gasteiger partial charge in [-0.05, 0) is 13.0 Å². The number of carbonyl (C=O) groups is 1. The third-order valence-electron chi connectivity index (χ3n) is 3.07. The van der Waals surface area contributed by atoms with Gasteiger partial charge in [0.2, 0.25) is 5.91 Å². The summed E-state index contributed by atoms with van der Waals surface area (Å²) in [7, 11) is 1.50. The monoisotopic (exact) mass is 258 g/mol. The molecule has 3 nitrogen and oxygen atoms in total. The van der Waals surface area contributed by atoms with Crippen LogP contribution in [0.4, 0.5) is 13.2 Å². The zero-order valence-corrected chi connectivity index (χ0v) is 9.95. The van der Waals surface area contributed by atoms with Crippen molar-refractivity contribution in [3.8, 4) is 0 Å². The molecule has 0 spiro atoms. The summed E-state index contributed by atoms with van der Waals surface area (Å²) in [6, 6.07) is 4.82. The van der Waals surface area contributed by atoms with E-state index in [4.69, 9.17) is 0 Å². The first kappa shape index (κ1) is 12.9. The zero-order chi connectivity index (χ0) is 13.5. The third-order valence-corrected chi connectivity index (χ3v) is 3.07. The molecule has 2 atom stereocenters. The van der Waals surface area contributed by atoms with Crippen molar-refractivity contribution < 1.29 is 18.0 Å². The number of benzene rings is 1. The second-order valence-electron chi connectivity index (χ2n) is 4.33. The van der Waals surface area contributed by atoms with Crippen LogP contribution in [0, 0.1) is 0 Å². The Kier molecular flexibility index (Phi) is 3.06. The lowest BCUT2D eigenvalue weighted by atomic mass is 10.0. The number of amides is 1. The standard InChI is InChI=1S/C12H13F3N2O/c1-7-11(18)17(2)10(16-7)8-5-3-4-6-9(8)12(13,14)15/h3-7,10,16H,1-2H3. The Morgan fingerprint density at radius 2 is 1.89 bits per heavy atom. The Hall–Kier alpha value is -1.56. The normalized spacial score (nSPS) is 24.7. The maximum Gasteiger partial charge on any atom is 0.416 e. The number of rotatable bonds is 1. The Bertz CT molecular complexity index is 473. The first-order valence-electron chi connectivity index (χ1n) is 5.51. The van der Waals surface area contributed by atoms with Crippen LogP contribution in [0.1, 0.15) is 24.2 Å². The van der Waals surface area contributed by atoms with Gasteiger partial charge in [0.25, 0.3) is 0 Å². The van der Waals surface area contributed by atoms with Crippen LogP contribution in [0.15, 0.2) is 24.3 Å². The van der Waals surface area contributed by atoms with E-state index in [2.05, 4.69) is 5.32 Å². The molecule has 2 rings (SSSR count). The van der Waals surface area contributed by atoms with Crippen molar-refractivity contribution in [2.45, 2.75) is 25.3 Å². The van der Waals surface area contributed by atoms with Gasteiger partial charge in [-0.2, -0.15) is 13.2 Å². The van der Waals surface area contributed by atoms with E-state index >= 15 is 0 Å². The number of nitrogens with zero attached hydrogens (tertiary/aromatic N) is 1. The Morgan fingerprint density at radius 3 is 2.39 bits per heavy atom. The fourth-order valence-electron chi connectivity index (χ4n) is 2.14. The van der Waals surface area contributed by atoms with E-state index in [9.17, 15) is 18.0 Å². The lowest BCUT2D eigenvalue weighted by molar-refractivity contribution is -0.139. The van der Waals surface area contributed by atoms with Crippen molar-refractivity contribution >= 4 is 5.91 Å². The van der Waals surface area contributed by atoms with Crippen molar-refractivity contribution in [2.75, 3.05) is 7.05 Å². The predicted molar refractivity (Wildman–Crippen MR) is 59.6 cm³/mol. The van der Waals surface area contributed by atoms with Gasteiger partial charge in [-0.3, -0.25) is 10.1 Å². The number of likely N-dealkylation sites (N-methyl/N-ethyl adjacent to an activating group) is 1. The Balaban J connectivity index is 2.44. The zero-order valence-electron chi connectivity index (χ0n) is 9.95. The molecule has 0 aliphatic carbocycles. The van der Waals surface area contributed by atoms with Crippen LogP contribution in [-0.4, -0.2) is 23.9 Å². The number of hydrogen-bond donors (Lipinski definition) is 1. The minimum Gasteiger partial charge on any atom is -0.325 e. The molecule has 1 aromatic rings. The summed E-state index contributed by atoms with van der Waals surface area (Å²) in [5.74, 6) is -0.211. The molecule has 2 unspecified atom stereocenters. The van der Waals surface area contributed by atoms with E-state index in [0.717, 1.165) is 6.07 Å². The second kappa shape index (κ2) is 4.28. The molecule has 0 bridgehead atoms. The summed E-state index contributed by atoms with van der Waals surface area (Å²) in [6.45, 7) is 1.63. The fourth-order valence-corrected chi connectivity index (χ4v) is 2.14. The summed E-state index contributed by atoms with van der Waals surface area (Å²) in [5, 5.41) is 2.86. The number of alkyl halides is 3. The summed E-state index contributed by atoms with van der Waals surface area (Å²) in [6.07, 6.45) is -5.15. The molecule has 0 aromatic heterocycles. The van der Waals surface area contributed by atoms with E-state index < -0.39 is 23.9 Å². The molecule has 98 valence electrons. The SMILES string of the molecule is CC1NC(c2ccccc2C(F)(F)F)N(C)C1=O. The highest BCUT2D eigenvalue weighted by Gasteiger charge is 2.40. The Labute approximate surface area is 103 Å². The molecule has 1 fully saturated rings. The highest BCUT2D eigenvalue weighted by Crippen LogP contribution is 2.36. The molecule has 1 saturated heterocycles. The topological polar surface area (TPSA) is 32.3 Å². The highest BCUT2D eigenvalue weighted by atomic mass is 19.4. The summed E-state index contributed by atoms with van der Waals surface area (Å²) >= 11 is 0. The molecule has 1 amide bonds. The van der Waals surface area contributed by atoms with E-state index in [-0.39, 0.29) is 11.5 Å². The van der Waals surface area contributed by atoms with E-state index in [1.54, 1.807) is 6.92 Å². The second-order valence-corrected chi connectivity index (χ2v) is 4.33. The minimum absolute atomic E-state index is 0.0743. The van der Waals surface area contributed by atoms with Gasteiger partial charge in [0.15, 0.2) is 0 Å². The van der Waals surface area contributed by atoms with Gasteiger partial charge < -0.3 is 4.90 Å². The van der Waals surface area contributed by atoms with Crippen molar-refractivity contribution in [3.63, 3.8) is 0 Å². The number of carbonyl (C=O) groups excluding carboxylic acids is 1. The van der Waals surface area contributed by atoms with Crippen LogP contribution in [0.3, 0.4) is 0 Å². The van der Waals surface area contributed by atoms with Gasteiger partial charge in [0.05, 0.1) is 11.6 Å². The predicted octanol–water partition coefficient (Wildman–Crippen LogP) is 2.15. The third kappa shape index (κ3) is 2.08. The van der Waals surface area contributed by atoms with Crippen LogP contribution in [0.25, 0.3) is 0 Å². The summed E-state index contributed by atoms with van der Waals surface area (Å²) < 4.78 is 38.7. The fraction of sp³-hybridized carbons (Fsp3) is 0.417. The van der Waals surface area contributed by atoms with Gasteiger partial charge in [0.1, 0.15) is 6.17 Å². The van der Waals surface area contributed by atoms with Crippen LogP contribution >= 0.6 is 0 Å². The maximum absolute atomic E-state index is 12.9. The highest BCUT2D eigenvalue weighted by molar-refractivity contribution is 5.83. The largest absolute Gasteiger partial charge is 0.416 e. The first-order chi connectivity index (χ1) is 8.32. The quantitative estimate of drug-likeness (QED) is 0.837. The lowest BCUT2D eigenvalue weighted by Crippen LogP contribution is -2.28. The molecule has 1 aliphatic heterocycles. The van der Waals surface area contributed by atoms with Gasteiger partial charge in [-0.15, -0.1) is 0 Å². The van der Waals surface area contributed by atoms with Gasteiger partial charge in [-0.1, -0.05) is 18.2 Å². The van der Waals surface area contributed by atoms with Crippen molar-refractivity contribution in [2.24, 2.45) is 0 Å². The molecule has 1 aliphatic rings. The maximum atomic E-state index is 12.9. The minimum atomic E-state index is -4.42. The van der Waals surface area contributed by atoms with Crippen molar-refractivity contribution in [1.82, 2.24) is 10.2 Å². The Morgan fingerprint density at radius 1 is 1.28 bits per heavy atom. The van der Waals surface area contributed by atoms with E-state index in [1.165, 1.54) is 30.1 Å². The van der Waals surface area contributed by atoms with Crippen LogP contribution in [-0.2, 0) is 11.0 Å². The molecule has 1 aromatic carbocycles. The van der Waals surface area contributed by atoms with Crippen molar-refractivity contribution in [3.05, 3.63) is 35.4 Å². The molecular weight excluding hydrogens is 245 g/mol. The molecule has 1 N–H and O–H groups in total. The molecular formula is C12H13F3N2O. The molecule has 18 heavy (non-hydrogen) atoms. The molecule has 1 heterocycles. The molecule has 0 saturated carbocycles. The van der Waals surface area contributed by atoms with Gasteiger partial charge >= 0.3 is 6.18 Å². The number of hydrogen-bond acceptors (Lipinski definition) is 2. The first-order valence-corrected chi connectivity index (χ1v) is 5.51. The number of halogens is 3. The van der Waals surface area contributed by atoms with Crippen LogP contribution in [0.5, 0.6) is 0 Å². The van der Waals surface area contributed by atoms with Gasteiger partial charge in [-0.25, -0.2) is 0 Å². The molecule has 0 radical (unpaired) electrons. The molecule has 6 heteroatoms. The van der Waals surface area contributed by atoms with E-state index in [0.29, 0.717) is 0 Å². The average Bonchev–Trinajstić information content (AvgIpc) is 2.56.